The van der Waals surface area contributed by atoms with Crippen LogP contribution in [0, 0.1) is 0 Å². The second kappa shape index (κ2) is 6.49. The molecule has 0 aliphatic carbocycles. The monoisotopic (exact) mass is 236 g/mol. The van der Waals surface area contributed by atoms with Gasteiger partial charge in [0, 0.05) is 12.2 Å². The highest BCUT2D eigenvalue weighted by Gasteiger charge is 2.09. The van der Waals surface area contributed by atoms with Crippen LogP contribution in [0.4, 0.5) is 5.69 Å². The van der Waals surface area contributed by atoms with Crippen molar-refractivity contribution in [2.75, 3.05) is 11.9 Å². The van der Waals surface area contributed by atoms with Crippen molar-refractivity contribution in [3.63, 3.8) is 0 Å². The summed E-state index contributed by atoms with van der Waals surface area (Å²) in [6.45, 7) is 0.277. The third-order valence-electron chi connectivity index (χ3n) is 2.09. The summed E-state index contributed by atoms with van der Waals surface area (Å²) in [6.07, 6.45) is 0.256. The van der Waals surface area contributed by atoms with Gasteiger partial charge in [0.2, 0.25) is 0 Å². The maximum Gasteiger partial charge on any atom is 0.320 e. The van der Waals surface area contributed by atoms with Gasteiger partial charge in [-0.2, -0.15) is 0 Å². The number of carboxylic acid groups (broad SMARTS) is 1. The predicted octanol–water partition coefficient (Wildman–Crippen LogP) is 0.215. The van der Waals surface area contributed by atoms with E-state index in [1.807, 2.05) is 30.3 Å². The number of hydrogen-bond acceptors (Lipinski definition) is 3. The number of aliphatic imine (C=N–C) groups is 1. The Bertz CT molecular complexity index is 392. The van der Waals surface area contributed by atoms with E-state index < -0.39 is 12.0 Å². The van der Waals surface area contributed by atoms with Gasteiger partial charge in [-0.3, -0.25) is 9.79 Å². The van der Waals surface area contributed by atoms with Gasteiger partial charge in [-0.1, -0.05) is 18.2 Å². The van der Waals surface area contributed by atoms with Gasteiger partial charge in [0.15, 0.2) is 5.96 Å². The van der Waals surface area contributed by atoms with E-state index in [9.17, 15) is 4.79 Å². The number of nitrogens with zero attached hydrogens (tertiary/aromatic N) is 1. The van der Waals surface area contributed by atoms with Crippen LogP contribution in [0.3, 0.4) is 0 Å². The van der Waals surface area contributed by atoms with Crippen molar-refractivity contribution in [1.29, 1.82) is 0 Å². The maximum absolute atomic E-state index is 10.4. The number of guanidine groups is 1. The summed E-state index contributed by atoms with van der Waals surface area (Å²) in [6, 6.07) is 8.44. The molecule has 6 heteroatoms. The van der Waals surface area contributed by atoms with Gasteiger partial charge in [-0.05, 0) is 18.6 Å². The molecule has 0 spiro atoms. The molecule has 0 aliphatic heterocycles. The van der Waals surface area contributed by atoms with Crippen LogP contribution < -0.4 is 16.8 Å². The van der Waals surface area contributed by atoms with Gasteiger partial charge in [0.05, 0.1) is 0 Å². The Morgan fingerprint density at radius 2 is 2.06 bits per heavy atom. The fourth-order valence-corrected chi connectivity index (χ4v) is 1.16. The summed E-state index contributed by atoms with van der Waals surface area (Å²) in [5, 5.41) is 11.4. The van der Waals surface area contributed by atoms with Crippen LogP contribution in [0.15, 0.2) is 35.3 Å². The number of nitrogens with one attached hydrogen (secondary N) is 1. The van der Waals surface area contributed by atoms with Crippen LogP contribution in [0.25, 0.3) is 0 Å². The zero-order chi connectivity index (χ0) is 12.7. The molecule has 6 nitrogen and oxygen atoms in total. The third-order valence-corrected chi connectivity index (χ3v) is 2.09. The van der Waals surface area contributed by atoms with E-state index in [1.165, 1.54) is 0 Å². The number of anilines is 1. The Morgan fingerprint density at radius 1 is 1.41 bits per heavy atom. The summed E-state index contributed by atoms with van der Waals surface area (Å²) in [4.78, 5) is 14.4. The Hall–Kier alpha value is -2.08. The third kappa shape index (κ3) is 4.98. The van der Waals surface area contributed by atoms with Crippen LogP contribution in [0.5, 0.6) is 0 Å². The minimum atomic E-state index is -1.03. The van der Waals surface area contributed by atoms with Crippen LogP contribution in [-0.2, 0) is 4.79 Å². The lowest BCUT2D eigenvalue weighted by molar-refractivity contribution is -0.138. The number of aliphatic carboxylic acids is 1. The Kier molecular flexibility index (Phi) is 4.96. The van der Waals surface area contributed by atoms with Crippen molar-refractivity contribution in [3.8, 4) is 0 Å². The lowest BCUT2D eigenvalue weighted by Crippen LogP contribution is -2.31. The number of para-hydroxylation sites is 1. The van der Waals surface area contributed by atoms with E-state index in [1.54, 1.807) is 0 Å². The molecule has 0 aromatic heterocycles. The molecule has 17 heavy (non-hydrogen) atoms. The molecule has 1 aromatic rings. The van der Waals surface area contributed by atoms with E-state index in [-0.39, 0.29) is 18.9 Å². The molecule has 0 bridgehead atoms. The molecule has 0 radical (unpaired) electrons. The lowest BCUT2D eigenvalue weighted by atomic mass is 10.2. The highest BCUT2D eigenvalue weighted by Crippen LogP contribution is 2.03. The molecule has 0 amide bonds. The standard InChI is InChI=1S/C11H16N4O2/c12-9(10(16)17)6-7-14-11(13)15-8-4-2-1-3-5-8/h1-5,9H,6-7,12H2,(H,16,17)(H3,13,14,15)/t9-/m0/s1. The molecule has 92 valence electrons. The van der Waals surface area contributed by atoms with Crippen molar-refractivity contribution in [3.05, 3.63) is 30.3 Å². The molecule has 0 aliphatic rings. The van der Waals surface area contributed by atoms with E-state index in [0.717, 1.165) is 5.69 Å². The maximum atomic E-state index is 10.4. The minimum Gasteiger partial charge on any atom is -0.480 e. The Labute approximate surface area is 99.3 Å². The van der Waals surface area contributed by atoms with Gasteiger partial charge in [-0.25, -0.2) is 0 Å². The second-order valence-corrected chi connectivity index (χ2v) is 3.49. The Morgan fingerprint density at radius 3 is 2.65 bits per heavy atom. The first-order valence-corrected chi connectivity index (χ1v) is 5.20. The average molecular weight is 236 g/mol. The molecule has 1 atom stereocenters. The van der Waals surface area contributed by atoms with Gasteiger partial charge in [0.1, 0.15) is 6.04 Å². The van der Waals surface area contributed by atoms with E-state index in [4.69, 9.17) is 16.6 Å². The predicted molar refractivity (Wildman–Crippen MR) is 66.8 cm³/mol. The van der Waals surface area contributed by atoms with Gasteiger partial charge in [0.25, 0.3) is 0 Å². The summed E-state index contributed by atoms with van der Waals surface area (Å²) in [5.41, 5.74) is 11.8. The highest BCUT2D eigenvalue weighted by atomic mass is 16.4. The topological polar surface area (TPSA) is 114 Å². The molecular weight excluding hydrogens is 220 g/mol. The molecule has 0 fully saturated rings. The molecule has 0 heterocycles. The quantitative estimate of drug-likeness (QED) is 0.431. The fourth-order valence-electron chi connectivity index (χ4n) is 1.16. The largest absolute Gasteiger partial charge is 0.480 e. The second-order valence-electron chi connectivity index (χ2n) is 3.49. The van der Waals surface area contributed by atoms with Crippen LogP contribution >= 0.6 is 0 Å². The first-order valence-electron chi connectivity index (χ1n) is 5.20. The first kappa shape index (κ1) is 13.0. The number of nitrogens with two attached hydrogens (primary N) is 2. The van der Waals surface area contributed by atoms with Gasteiger partial charge < -0.3 is 21.9 Å². The normalized spacial score (nSPS) is 13.1. The number of carbonyl (C=O) groups is 1. The van der Waals surface area contributed by atoms with Crippen molar-refractivity contribution < 1.29 is 9.90 Å². The summed E-state index contributed by atoms with van der Waals surface area (Å²) in [5.74, 6) is -0.788. The molecular formula is C11H16N4O2. The van der Waals surface area contributed by atoms with Crippen molar-refractivity contribution in [1.82, 2.24) is 0 Å². The SMILES string of the molecule is NC(=NCC[C@H](N)C(=O)O)Nc1ccccc1. The van der Waals surface area contributed by atoms with Gasteiger partial charge in [-0.15, -0.1) is 0 Å². The van der Waals surface area contributed by atoms with Gasteiger partial charge >= 0.3 is 5.97 Å². The molecule has 6 N–H and O–H groups in total. The first-order chi connectivity index (χ1) is 8.09. The van der Waals surface area contributed by atoms with E-state index in [2.05, 4.69) is 10.3 Å². The number of carboxylic acids is 1. The average Bonchev–Trinajstić information content (AvgIpc) is 2.30. The molecule has 1 rings (SSSR count). The molecule has 1 aromatic carbocycles. The van der Waals surface area contributed by atoms with Crippen molar-refractivity contribution in [2.24, 2.45) is 16.5 Å². The van der Waals surface area contributed by atoms with E-state index >= 15 is 0 Å². The number of rotatable bonds is 5. The number of hydrogen-bond donors (Lipinski definition) is 4. The highest BCUT2D eigenvalue weighted by molar-refractivity contribution is 5.92. The molecule has 0 saturated carbocycles. The molecule has 0 saturated heterocycles. The summed E-state index contributed by atoms with van der Waals surface area (Å²) in [7, 11) is 0. The zero-order valence-corrected chi connectivity index (χ0v) is 9.34. The van der Waals surface area contributed by atoms with Crippen LogP contribution in [0.1, 0.15) is 6.42 Å². The van der Waals surface area contributed by atoms with Crippen molar-refractivity contribution in [2.45, 2.75) is 12.5 Å². The minimum absolute atomic E-state index is 0.244. The summed E-state index contributed by atoms with van der Waals surface area (Å²) >= 11 is 0. The zero-order valence-electron chi connectivity index (χ0n) is 9.34. The fraction of sp³-hybridized carbons (Fsp3) is 0.273. The van der Waals surface area contributed by atoms with Crippen molar-refractivity contribution >= 4 is 17.6 Å². The van der Waals surface area contributed by atoms with Crippen LogP contribution in [-0.4, -0.2) is 29.6 Å². The summed E-state index contributed by atoms with van der Waals surface area (Å²) < 4.78 is 0. The Balaban J connectivity index is 2.38. The smallest absolute Gasteiger partial charge is 0.320 e. The molecule has 0 unspecified atom stereocenters. The van der Waals surface area contributed by atoms with Crippen LogP contribution in [0.2, 0.25) is 0 Å². The number of benzene rings is 1. The van der Waals surface area contributed by atoms with E-state index in [0.29, 0.717) is 0 Å². The lowest BCUT2D eigenvalue weighted by Gasteiger charge is -2.06.